The molecule has 1 fully saturated rings. The number of sulfonamides is 1. The van der Waals surface area contributed by atoms with Crippen LogP contribution in [0.1, 0.15) is 30.4 Å². The molecule has 0 unspecified atom stereocenters. The maximum atomic E-state index is 13.2. The first-order chi connectivity index (χ1) is 16.6. The van der Waals surface area contributed by atoms with Gasteiger partial charge in [0.1, 0.15) is 5.82 Å². The minimum Gasteiger partial charge on any atom is -0.298 e. The molecule has 0 radical (unpaired) electrons. The largest absolute Gasteiger partial charge is 0.417 e. The number of nitrogens with zero attached hydrogens (tertiary/aromatic N) is 2. The first-order valence-electron chi connectivity index (χ1n) is 11.0. The molecule has 2 aromatic carbocycles. The van der Waals surface area contributed by atoms with E-state index in [4.69, 9.17) is 0 Å². The Morgan fingerprint density at radius 1 is 1.06 bits per heavy atom. The summed E-state index contributed by atoms with van der Waals surface area (Å²) in [5, 5.41) is 0. The molecule has 1 aliphatic heterocycles. The van der Waals surface area contributed by atoms with Crippen molar-refractivity contribution in [2.75, 3.05) is 6.54 Å². The third-order valence-electron chi connectivity index (χ3n) is 5.97. The van der Waals surface area contributed by atoms with E-state index in [1.54, 1.807) is 24.3 Å². The summed E-state index contributed by atoms with van der Waals surface area (Å²) in [6.07, 6.45) is -2.28. The Morgan fingerprint density at radius 2 is 1.80 bits per heavy atom. The Balaban J connectivity index is 1.44. The minimum absolute atomic E-state index is 0.0599. The number of pyridine rings is 1. The lowest BCUT2D eigenvalue weighted by atomic mass is 10.00. The van der Waals surface area contributed by atoms with E-state index in [1.165, 1.54) is 22.5 Å². The van der Waals surface area contributed by atoms with Crippen LogP contribution in [0.2, 0.25) is 0 Å². The Hall–Kier alpha value is -3.11. The number of hydrogen-bond acceptors (Lipinski definition) is 4. The summed E-state index contributed by atoms with van der Waals surface area (Å²) in [6, 6.07) is 13.0. The zero-order valence-corrected chi connectivity index (χ0v) is 19.3. The van der Waals surface area contributed by atoms with Crippen LogP contribution in [0, 0.1) is 5.82 Å². The van der Waals surface area contributed by atoms with E-state index < -0.39 is 33.6 Å². The van der Waals surface area contributed by atoms with Gasteiger partial charge in [-0.3, -0.25) is 9.78 Å². The second-order valence-corrected chi connectivity index (χ2v) is 10.2. The number of aromatic nitrogens is 1. The summed E-state index contributed by atoms with van der Waals surface area (Å²) in [6.45, 7) is 0.213. The van der Waals surface area contributed by atoms with Crippen LogP contribution in [0.5, 0.6) is 0 Å². The fourth-order valence-corrected chi connectivity index (χ4v) is 5.82. The van der Waals surface area contributed by atoms with Crippen LogP contribution in [-0.4, -0.2) is 36.1 Å². The molecule has 4 rings (SSSR count). The normalized spacial score (nSPS) is 17.0. The number of carbonyl (C=O) groups is 1. The summed E-state index contributed by atoms with van der Waals surface area (Å²) < 4.78 is 78.7. The Kier molecular flexibility index (Phi) is 7.05. The fraction of sp³-hybridized carbons (Fsp3) is 0.280. The molecule has 0 saturated carbocycles. The topological polar surface area (TPSA) is 67.3 Å². The van der Waals surface area contributed by atoms with Crippen LogP contribution in [-0.2, 0) is 27.4 Å². The second kappa shape index (κ2) is 9.87. The van der Waals surface area contributed by atoms with Gasteiger partial charge < -0.3 is 0 Å². The van der Waals surface area contributed by atoms with Crippen LogP contribution >= 0.6 is 0 Å². The molecule has 0 bridgehead atoms. The monoisotopic (exact) mass is 506 g/mol. The third kappa shape index (κ3) is 5.59. The van der Waals surface area contributed by atoms with Gasteiger partial charge in [0, 0.05) is 24.7 Å². The van der Waals surface area contributed by atoms with Crippen molar-refractivity contribution < 1.29 is 30.8 Å². The van der Waals surface area contributed by atoms with Gasteiger partial charge in [-0.2, -0.15) is 17.5 Å². The zero-order chi connectivity index (χ0) is 25.2. The number of aryl methyl sites for hydroxylation is 1. The average Bonchev–Trinajstić information content (AvgIpc) is 3.34. The number of Topliss-reactive ketones (excluding diaryl/α,β-unsaturated/α-hetero) is 1. The van der Waals surface area contributed by atoms with Crippen molar-refractivity contribution in [1.29, 1.82) is 0 Å². The molecule has 1 atom stereocenters. The lowest BCUT2D eigenvalue weighted by Crippen LogP contribution is -2.40. The number of rotatable bonds is 7. The molecule has 1 aromatic heterocycles. The molecule has 0 amide bonds. The molecular formula is C25H22F4N2O3S. The molecular weight excluding hydrogens is 484 g/mol. The highest BCUT2D eigenvalue weighted by molar-refractivity contribution is 7.89. The van der Waals surface area contributed by atoms with Gasteiger partial charge >= 0.3 is 6.18 Å². The molecule has 1 aliphatic rings. The maximum Gasteiger partial charge on any atom is 0.417 e. The van der Waals surface area contributed by atoms with Crippen molar-refractivity contribution in [3.8, 4) is 11.3 Å². The molecule has 5 nitrogen and oxygen atoms in total. The van der Waals surface area contributed by atoms with Crippen molar-refractivity contribution in [2.45, 2.75) is 42.8 Å². The second-order valence-electron chi connectivity index (χ2n) is 8.32. The van der Waals surface area contributed by atoms with Crippen LogP contribution < -0.4 is 0 Å². The Bertz CT molecular complexity index is 1310. The molecule has 10 heteroatoms. The van der Waals surface area contributed by atoms with Crippen LogP contribution in [0.15, 0.2) is 71.8 Å². The molecule has 35 heavy (non-hydrogen) atoms. The smallest absolute Gasteiger partial charge is 0.298 e. The van der Waals surface area contributed by atoms with E-state index in [0.717, 1.165) is 30.0 Å². The Labute approximate surface area is 200 Å². The minimum atomic E-state index is -4.47. The SMILES string of the molecule is O=C(CCc1cccc(-c2ccc(C(F)(F)F)cn2)c1)[C@@H]1CCCN1S(=O)(=O)c1ccc(F)cc1. The number of ketones is 1. The molecule has 3 aromatic rings. The predicted octanol–water partition coefficient (Wildman–Crippen LogP) is 5.26. The lowest BCUT2D eigenvalue weighted by molar-refractivity contribution is -0.137. The number of carbonyl (C=O) groups excluding carboxylic acids is 1. The summed E-state index contributed by atoms with van der Waals surface area (Å²) in [5.74, 6) is -0.766. The zero-order valence-electron chi connectivity index (χ0n) is 18.5. The van der Waals surface area contributed by atoms with Crippen molar-refractivity contribution in [2.24, 2.45) is 0 Å². The summed E-state index contributed by atoms with van der Waals surface area (Å²) in [5.41, 5.74) is 0.937. The highest BCUT2D eigenvalue weighted by Crippen LogP contribution is 2.30. The van der Waals surface area contributed by atoms with E-state index in [9.17, 15) is 30.8 Å². The van der Waals surface area contributed by atoms with Crippen molar-refractivity contribution in [3.63, 3.8) is 0 Å². The molecule has 184 valence electrons. The molecule has 0 aliphatic carbocycles. The maximum absolute atomic E-state index is 13.2. The quantitative estimate of drug-likeness (QED) is 0.410. The van der Waals surface area contributed by atoms with E-state index in [2.05, 4.69) is 4.98 Å². The van der Waals surface area contributed by atoms with Crippen LogP contribution in [0.4, 0.5) is 17.6 Å². The Morgan fingerprint density at radius 3 is 2.46 bits per heavy atom. The highest BCUT2D eigenvalue weighted by atomic mass is 32.2. The lowest BCUT2D eigenvalue weighted by Gasteiger charge is -2.23. The van der Waals surface area contributed by atoms with E-state index >= 15 is 0 Å². The summed E-state index contributed by atoms with van der Waals surface area (Å²) in [4.78, 5) is 16.8. The number of benzene rings is 2. The van der Waals surface area contributed by atoms with E-state index in [1.807, 2.05) is 0 Å². The molecule has 2 heterocycles. The number of halogens is 4. The molecule has 1 saturated heterocycles. The first-order valence-corrected chi connectivity index (χ1v) is 12.4. The highest BCUT2D eigenvalue weighted by Gasteiger charge is 2.39. The predicted molar refractivity (Wildman–Crippen MR) is 121 cm³/mol. The van der Waals surface area contributed by atoms with Gasteiger partial charge in [-0.05, 0) is 67.3 Å². The van der Waals surface area contributed by atoms with Gasteiger partial charge in [0.2, 0.25) is 10.0 Å². The van der Waals surface area contributed by atoms with Gasteiger partial charge in [0.25, 0.3) is 0 Å². The number of hydrogen-bond donors (Lipinski definition) is 0. The van der Waals surface area contributed by atoms with Gasteiger partial charge in [-0.15, -0.1) is 0 Å². The van der Waals surface area contributed by atoms with Crippen LogP contribution in [0.25, 0.3) is 11.3 Å². The van der Waals surface area contributed by atoms with E-state index in [-0.39, 0.29) is 23.6 Å². The first kappa shape index (κ1) is 25.0. The van der Waals surface area contributed by atoms with Gasteiger partial charge in [0.15, 0.2) is 5.78 Å². The van der Waals surface area contributed by atoms with Gasteiger partial charge in [0.05, 0.1) is 22.2 Å². The van der Waals surface area contributed by atoms with Gasteiger partial charge in [-0.1, -0.05) is 18.2 Å². The summed E-state index contributed by atoms with van der Waals surface area (Å²) in [7, 11) is -3.93. The van der Waals surface area contributed by atoms with E-state index in [0.29, 0.717) is 30.5 Å². The van der Waals surface area contributed by atoms with Crippen molar-refractivity contribution in [3.05, 3.63) is 83.8 Å². The van der Waals surface area contributed by atoms with Crippen molar-refractivity contribution in [1.82, 2.24) is 9.29 Å². The van der Waals surface area contributed by atoms with Crippen molar-refractivity contribution >= 4 is 15.8 Å². The number of alkyl halides is 3. The standard InChI is InChI=1S/C25H22F4N2O3S/c26-20-8-10-21(11-9-20)35(33,34)31-14-2-5-23(31)24(32)13-6-17-3-1-4-18(15-17)22-12-7-19(16-30-22)25(27,28)29/h1,3-4,7-12,15-16,23H,2,5-6,13-14H2/t23-/m0/s1. The van der Waals surface area contributed by atoms with Gasteiger partial charge in [-0.25, -0.2) is 12.8 Å². The molecule has 0 spiro atoms. The average molecular weight is 507 g/mol. The van der Waals surface area contributed by atoms with Crippen LogP contribution in [0.3, 0.4) is 0 Å². The third-order valence-corrected chi connectivity index (χ3v) is 7.89. The molecule has 0 N–H and O–H groups in total. The summed E-state index contributed by atoms with van der Waals surface area (Å²) >= 11 is 0. The fourth-order valence-electron chi connectivity index (χ4n) is 4.14.